The van der Waals surface area contributed by atoms with Crippen molar-refractivity contribution in [3.8, 4) is 0 Å². The van der Waals surface area contributed by atoms with E-state index < -0.39 is 0 Å². The maximum atomic E-state index is 6.26. The van der Waals surface area contributed by atoms with Crippen LogP contribution >= 0.6 is 35.6 Å². The molecular weight excluding hydrogens is 449 g/mol. The van der Waals surface area contributed by atoms with Crippen LogP contribution in [0.3, 0.4) is 0 Å². The summed E-state index contributed by atoms with van der Waals surface area (Å²) in [6, 6.07) is 8.44. The monoisotopic (exact) mass is 479 g/mol. The van der Waals surface area contributed by atoms with Crippen molar-refractivity contribution in [2.75, 3.05) is 53.9 Å². The molecule has 0 aliphatic carbocycles. The Morgan fingerprint density at radius 1 is 1.28 bits per heavy atom. The Labute approximate surface area is 174 Å². The second kappa shape index (κ2) is 11.2. The Hall–Kier alpha value is -0.570. The fraction of sp³-hybridized carbons (Fsp3) is 0.611. The number of aliphatic imine (C=N–C) groups is 1. The quantitative estimate of drug-likeness (QED) is 0.400. The molecule has 1 aliphatic rings. The summed E-state index contributed by atoms with van der Waals surface area (Å²) in [5, 5.41) is 4.29. The van der Waals surface area contributed by atoms with E-state index in [2.05, 4.69) is 45.0 Å². The van der Waals surface area contributed by atoms with Crippen LogP contribution in [0.15, 0.2) is 29.3 Å². The summed E-state index contributed by atoms with van der Waals surface area (Å²) < 4.78 is 0. The number of nitrogens with one attached hydrogen (secondary N) is 1. The van der Waals surface area contributed by atoms with Gasteiger partial charge in [0.05, 0.1) is 0 Å². The molecule has 1 atom stereocenters. The topological polar surface area (TPSA) is 34.1 Å². The molecule has 25 heavy (non-hydrogen) atoms. The maximum Gasteiger partial charge on any atom is 0.193 e. The van der Waals surface area contributed by atoms with Gasteiger partial charge in [-0.25, -0.2) is 0 Å². The zero-order chi connectivity index (χ0) is 17.5. The van der Waals surface area contributed by atoms with Crippen molar-refractivity contribution in [2.45, 2.75) is 19.5 Å². The van der Waals surface area contributed by atoms with Crippen LogP contribution in [0, 0.1) is 0 Å². The Morgan fingerprint density at radius 2 is 1.92 bits per heavy atom. The van der Waals surface area contributed by atoms with Gasteiger partial charge in [0, 0.05) is 64.4 Å². The van der Waals surface area contributed by atoms with Crippen LogP contribution in [0.25, 0.3) is 0 Å². The number of nitrogens with zero attached hydrogens (tertiary/aromatic N) is 4. The van der Waals surface area contributed by atoms with Gasteiger partial charge in [-0.3, -0.25) is 9.89 Å². The van der Waals surface area contributed by atoms with Crippen LogP contribution in [0.4, 0.5) is 0 Å². The van der Waals surface area contributed by atoms with Crippen molar-refractivity contribution >= 4 is 41.5 Å². The smallest absolute Gasteiger partial charge is 0.193 e. The average molecular weight is 480 g/mol. The van der Waals surface area contributed by atoms with Gasteiger partial charge in [0.1, 0.15) is 0 Å². The van der Waals surface area contributed by atoms with Crippen molar-refractivity contribution in [3.05, 3.63) is 34.9 Å². The number of likely N-dealkylation sites (N-methyl/N-ethyl adjacent to an activating group) is 1. The van der Waals surface area contributed by atoms with E-state index in [1.165, 1.54) is 0 Å². The predicted octanol–water partition coefficient (Wildman–Crippen LogP) is 2.60. The summed E-state index contributed by atoms with van der Waals surface area (Å²) in [6.07, 6.45) is 0. The molecule has 0 radical (unpaired) electrons. The number of halogens is 2. The predicted molar refractivity (Wildman–Crippen MR) is 118 cm³/mol. The van der Waals surface area contributed by atoms with Crippen LogP contribution in [-0.2, 0) is 6.54 Å². The van der Waals surface area contributed by atoms with E-state index in [9.17, 15) is 0 Å². The molecule has 5 nitrogen and oxygen atoms in total. The molecular formula is C18H31ClIN5. The van der Waals surface area contributed by atoms with E-state index in [1.807, 2.05) is 32.3 Å². The number of hydrogen-bond donors (Lipinski definition) is 1. The molecule has 0 saturated carbocycles. The molecule has 0 spiro atoms. The molecule has 1 unspecified atom stereocenters. The minimum absolute atomic E-state index is 0. The molecule has 1 saturated heterocycles. The van der Waals surface area contributed by atoms with Gasteiger partial charge in [-0.05, 0) is 25.6 Å². The van der Waals surface area contributed by atoms with Crippen LogP contribution in [0.2, 0.25) is 5.02 Å². The van der Waals surface area contributed by atoms with Gasteiger partial charge in [-0.15, -0.1) is 24.0 Å². The Bertz CT molecular complexity index is 546. The number of piperazine rings is 1. The summed E-state index contributed by atoms with van der Waals surface area (Å²) >= 11 is 6.26. The molecule has 1 aliphatic heterocycles. The number of rotatable bonds is 5. The molecule has 0 amide bonds. The second-order valence-corrected chi connectivity index (χ2v) is 6.97. The second-order valence-electron chi connectivity index (χ2n) is 6.56. The highest BCUT2D eigenvalue weighted by molar-refractivity contribution is 14.0. The zero-order valence-electron chi connectivity index (χ0n) is 15.7. The van der Waals surface area contributed by atoms with E-state index in [4.69, 9.17) is 11.6 Å². The van der Waals surface area contributed by atoms with E-state index in [0.717, 1.165) is 55.8 Å². The number of benzene rings is 1. The van der Waals surface area contributed by atoms with Crippen LogP contribution < -0.4 is 5.32 Å². The average Bonchev–Trinajstić information content (AvgIpc) is 2.58. The molecule has 1 N–H and O–H groups in total. The summed E-state index contributed by atoms with van der Waals surface area (Å²) in [5.41, 5.74) is 1.11. The van der Waals surface area contributed by atoms with Crippen LogP contribution in [-0.4, -0.2) is 80.6 Å². The molecule has 1 heterocycles. The third-order valence-corrected chi connectivity index (χ3v) is 5.02. The highest BCUT2D eigenvalue weighted by Gasteiger charge is 2.19. The van der Waals surface area contributed by atoms with Gasteiger partial charge >= 0.3 is 0 Å². The molecule has 7 heteroatoms. The van der Waals surface area contributed by atoms with Crippen LogP contribution in [0.5, 0.6) is 0 Å². The third kappa shape index (κ3) is 6.92. The lowest BCUT2D eigenvalue weighted by atomic mass is 10.2. The van der Waals surface area contributed by atoms with E-state index in [-0.39, 0.29) is 24.0 Å². The first-order valence-electron chi connectivity index (χ1n) is 8.59. The summed E-state index contributed by atoms with van der Waals surface area (Å²) in [4.78, 5) is 11.4. The molecule has 1 aromatic rings. The minimum Gasteiger partial charge on any atom is -0.355 e. The van der Waals surface area contributed by atoms with Crippen molar-refractivity contribution in [1.29, 1.82) is 0 Å². The largest absolute Gasteiger partial charge is 0.355 e. The fourth-order valence-corrected chi connectivity index (χ4v) is 3.17. The van der Waals surface area contributed by atoms with Gasteiger partial charge < -0.3 is 15.1 Å². The lowest BCUT2D eigenvalue weighted by Crippen LogP contribution is -2.52. The zero-order valence-corrected chi connectivity index (χ0v) is 18.8. The minimum atomic E-state index is 0. The number of guanidine groups is 1. The molecule has 1 aromatic carbocycles. The fourth-order valence-electron chi connectivity index (χ4n) is 2.97. The molecule has 0 aromatic heterocycles. The molecule has 142 valence electrons. The van der Waals surface area contributed by atoms with Gasteiger partial charge in [0.2, 0.25) is 0 Å². The lowest BCUT2D eigenvalue weighted by Gasteiger charge is -2.37. The first-order valence-corrected chi connectivity index (χ1v) is 8.97. The van der Waals surface area contributed by atoms with E-state index in [1.54, 1.807) is 0 Å². The van der Waals surface area contributed by atoms with Gasteiger partial charge in [-0.2, -0.15) is 0 Å². The van der Waals surface area contributed by atoms with Gasteiger partial charge in [-0.1, -0.05) is 29.8 Å². The van der Waals surface area contributed by atoms with Crippen molar-refractivity contribution in [2.24, 2.45) is 4.99 Å². The Morgan fingerprint density at radius 3 is 2.52 bits per heavy atom. The Kier molecular flexibility index (Phi) is 10.1. The first kappa shape index (κ1) is 22.5. The summed E-state index contributed by atoms with van der Waals surface area (Å²) in [7, 11) is 6.05. The summed E-state index contributed by atoms with van der Waals surface area (Å²) in [5.74, 6) is 0.899. The highest BCUT2D eigenvalue weighted by atomic mass is 127. The summed E-state index contributed by atoms with van der Waals surface area (Å²) in [6.45, 7) is 8.46. The normalized spacial score (nSPS) is 17.7. The van der Waals surface area contributed by atoms with Crippen molar-refractivity contribution in [1.82, 2.24) is 20.0 Å². The molecule has 2 rings (SSSR count). The van der Waals surface area contributed by atoms with E-state index >= 15 is 0 Å². The standard InChI is InChI=1S/C18H30ClN5.HI/c1-15(24-11-9-22(3)10-12-24)13-21-18(20-2)23(4)14-16-7-5-6-8-17(16)19;/h5-8,15H,9-14H2,1-4H3,(H,20,21);1H. The Balaban J connectivity index is 0.00000312. The van der Waals surface area contributed by atoms with Gasteiger partial charge in [0.15, 0.2) is 5.96 Å². The highest BCUT2D eigenvalue weighted by Crippen LogP contribution is 2.16. The van der Waals surface area contributed by atoms with Gasteiger partial charge in [0.25, 0.3) is 0 Å². The van der Waals surface area contributed by atoms with Crippen molar-refractivity contribution < 1.29 is 0 Å². The van der Waals surface area contributed by atoms with E-state index in [0.29, 0.717) is 6.04 Å². The SMILES string of the molecule is CN=C(NCC(C)N1CCN(C)CC1)N(C)Cc1ccccc1Cl.I. The molecule has 0 bridgehead atoms. The maximum absolute atomic E-state index is 6.26. The molecule has 1 fully saturated rings. The number of hydrogen-bond acceptors (Lipinski definition) is 3. The third-order valence-electron chi connectivity index (χ3n) is 4.66. The van der Waals surface area contributed by atoms with Crippen molar-refractivity contribution in [3.63, 3.8) is 0 Å². The lowest BCUT2D eigenvalue weighted by molar-refractivity contribution is 0.119. The van der Waals surface area contributed by atoms with Crippen LogP contribution in [0.1, 0.15) is 12.5 Å². The first-order chi connectivity index (χ1) is 11.5.